The molecule has 1 unspecified atom stereocenters. The van der Waals surface area contributed by atoms with Crippen molar-refractivity contribution in [2.24, 2.45) is 0 Å². The average molecular weight is 319 g/mol. The number of rotatable bonds is 3. The van der Waals surface area contributed by atoms with Gasteiger partial charge in [-0.3, -0.25) is 4.79 Å². The lowest BCUT2D eigenvalue weighted by Crippen LogP contribution is -2.29. The van der Waals surface area contributed by atoms with Crippen LogP contribution in [0.1, 0.15) is 43.8 Å². The molecule has 0 radical (unpaired) electrons. The van der Waals surface area contributed by atoms with E-state index in [1.54, 1.807) is 23.1 Å². The van der Waals surface area contributed by atoms with Gasteiger partial charge in [0.15, 0.2) is 0 Å². The molecular formula is C16H14FNO3S. The van der Waals surface area contributed by atoms with E-state index in [1.807, 2.05) is 0 Å². The fourth-order valence-electron chi connectivity index (χ4n) is 2.75. The summed E-state index contributed by atoms with van der Waals surface area (Å²) in [6.07, 6.45) is 1.71. The maximum absolute atomic E-state index is 13.0. The number of hydrogen-bond donors (Lipinski definition) is 1. The second kappa shape index (κ2) is 5.88. The Balaban J connectivity index is 1.84. The number of likely N-dealkylation sites (tertiary alicyclic amines) is 1. The van der Waals surface area contributed by atoms with Crippen molar-refractivity contribution in [3.8, 4) is 0 Å². The Labute approximate surface area is 130 Å². The molecule has 4 nitrogen and oxygen atoms in total. The maximum atomic E-state index is 13.0. The van der Waals surface area contributed by atoms with Crippen molar-refractivity contribution in [3.63, 3.8) is 0 Å². The van der Waals surface area contributed by atoms with Gasteiger partial charge in [0.25, 0.3) is 5.91 Å². The van der Waals surface area contributed by atoms with Crippen molar-refractivity contribution < 1.29 is 19.1 Å². The number of benzene rings is 1. The van der Waals surface area contributed by atoms with Gasteiger partial charge in [-0.15, -0.1) is 11.3 Å². The van der Waals surface area contributed by atoms with E-state index in [-0.39, 0.29) is 22.6 Å². The molecule has 1 aromatic carbocycles. The zero-order valence-corrected chi connectivity index (χ0v) is 12.5. The first-order chi connectivity index (χ1) is 10.6. The number of amides is 1. The summed E-state index contributed by atoms with van der Waals surface area (Å²) >= 11 is 0.985. The first-order valence-corrected chi connectivity index (χ1v) is 7.77. The van der Waals surface area contributed by atoms with Gasteiger partial charge < -0.3 is 10.0 Å². The molecule has 1 aliphatic rings. The van der Waals surface area contributed by atoms with Gasteiger partial charge in [-0.05, 0) is 42.7 Å². The summed E-state index contributed by atoms with van der Waals surface area (Å²) < 4.78 is 13.0. The van der Waals surface area contributed by atoms with Crippen LogP contribution < -0.4 is 0 Å². The molecule has 0 saturated carbocycles. The third kappa shape index (κ3) is 2.74. The maximum Gasteiger partial charge on any atom is 0.345 e. The van der Waals surface area contributed by atoms with Gasteiger partial charge in [-0.1, -0.05) is 12.1 Å². The molecule has 0 bridgehead atoms. The quantitative estimate of drug-likeness (QED) is 0.941. The molecular weight excluding hydrogens is 305 g/mol. The number of hydrogen-bond acceptors (Lipinski definition) is 3. The highest BCUT2D eigenvalue weighted by Gasteiger charge is 2.31. The molecule has 1 N–H and O–H groups in total. The summed E-state index contributed by atoms with van der Waals surface area (Å²) in [7, 11) is 0. The van der Waals surface area contributed by atoms with Crippen molar-refractivity contribution in [3.05, 3.63) is 57.5 Å². The monoisotopic (exact) mass is 319 g/mol. The van der Waals surface area contributed by atoms with E-state index in [4.69, 9.17) is 5.11 Å². The van der Waals surface area contributed by atoms with Gasteiger partial charge >= 0.3 is 5.97 Å². The lowest BCUT2D eigenvalue weighted by molar-refractivity contribution is 0.0701. The van der Waals surface area contributed by atoms with Crippen molar-refractivity contribution in [2.45, 2.75) is 18.9 Å². The zero-order chi connectivity index (χ0) is 15.7. The van der Waals surface area contributed by atoms with Crippen LogP contribution in [0.3, 0.4) is 0 Å². The number of thiophene rings is 1. The molecule has 1 saturated heterocycles. The second-order valence-electron chi connectivity index (χ2n) is 5.18. The largest absolute Gasteiger partial charge is 0.477 e. The normalized spacial score (nSPS) is 17.7. The Bertz CT molecular complexity index is 710. The third-order valence-electron chi connectivity index (χ3n) is 3.80. The minimum atomic E-state index is -1.03. The van der Waals surface area contributed by atoms with Gasteiger partial charge in [0.1, 0.15) is 10.7 Å². The Morgan fingerprint density at radius 3 is 2.45 bits per heavy atom. The second-order valence-corrected chi connectivity index (χ2v) is 6.26. The number of aromatic carboxylic acids is 1. The van der Waals surface area contributed by atoms with Crippen LogP contribution in [0.5, 0.6) is 0 Å². The van der Waals surface area contributed by atoms with Gasteiger partial charge in [0, 0.05) is 6.54 Å². The molecule has 2 aromatic rings. The Morgan fingerprint density at radius 2 is 1.82 bits per heavy atom. The Hall–Kier alpha value is -2.21. The summed E-state index contributed by atoms with van der Waals surface area (Å²) in [5, 5.41) is 8.95. The number of carbonyl (C=O) groups excluding carboxylic acids is 1. The van der Waals surface area contributed by atoms with Crippen molar-refractivity contribution >= 4 is 23.2 Å². The van der Waals surface area contributed by atoms with Crippen LogP contribution in [0.25, 0.3) is 0 Å². The highest BCUT2D eigenvalue weighted by Crippen LogP contribution is 2.34. The predicted octanol–water partition coefficient (Wildman–Crippen LogP) is 3.56. The molecule has 2 heterocycles. The SMILES string of the molecule is O=C(O)c1ccc(C(=O)N2CCCC2c2ccc(F)cc2)s1. The number of halogens is 1. The van der Waals surface area contributed by atoms with Crippen LogP contribution in [-0.4, -0.2) is 28.4 Å². The Kier molecular flexibility index (Phi) is 3.94. The van der Waals surface area contributed by atoms with Crippen molar-refractivity contribution in [2.75, 3.05) is 6.54 Å². The van der Waals surface area contributed by atoms with E-state index in [2.05, 4.69) is 0 Å². The van der Waals surface area contributed by atoms with Crippen LogP contribution in [0.4, 0.5) is 4.39 Å². The molecule has 0 aliphatic carbocycles. The average Bonchev–Trinajstić information content (AvgIpc) is 3.17. The summed E-state index contributed by atoms with van der Waals surface area (Å²) in [4.78, 5) is 25.8. The van der Waals surface area contributed by atoms with Crippen molar-refractivity contribution in [1.29, 1.82) is 0 Å². The highest BCUT2D eigenvalue weighted by molar-refractivity contribution is 7.15. The smallest absolute Gasteiger partial charge is 0.345 e. The van der Waals surface area contributed by atoms with E-state index in [9.17, 15) is 14.0 Å². The van der Waals surface area contributed by atoms with Crippen LogP contribution in [0.15, 0.2) is 36.4 Å². The van der Waals surface area contributed by atoms with E-state index < -0.39 is 5.97 Å². The standard InChI is InChI=1S/C16H14FNO3S/c17-11-5-3-10(4-6-11)12-2-1-9-18(12)15(19)13-7-8-14(22-13)16(20)21/h3-8,12H,1-2,9H2,(H,20,21). The van der Waals surface area contributed by atoms with Gasteiger partial charge in [-0.2, -0.15) is 0 Å². The molecule has 1 amide bonds. The molecule has 1 fully saturated rings. The van der Waals surface area contributed by atoms with Crippen molar-refractivity contribution in [1.82, 2.24) is 4.90 Å². The molecule has 1 atom stereocenters. The topological polar surface area (TPSA) is 57.6 Å². The van der Waals surface area contributed by atoms with E-state index in [1.165, 1.54) is 18.2 Å². The zero-order valence-electron chi connectivity index (χ0n) is 11.7. The van der Waals surface area contributed by atoms with Crippen LogP contribution in [0.2, 0.25) is 0 Å². The fraction of sp³-hybridized carbons (Fsp3) is 0.250. The molecule has 1 aromatic heterocycles. The fourth-order valence-corrected chi connectivity index (χ4v) is 3.55. The minimum absolute atomic E-state index is 0.0801. The van der Waals surface area contributed by atoms with Crippen LogP contribution >= 0.6 is 11.3 Å². The highest BCUT2D eigenvalue weighted by atomic mass is 32.1. The lowest BCUT2D eigenvalue weighted by atomic mass is 10.0. The first-order valence-electron chi connectivity index (χ1n) is 6.96. The third-order valence-corrected chi connectivity index (χ3v) is 4.86. The summed E-state index contributed by atoms with van der Waals surface area (Å²) in [5.74, 6) is -1.49. The van der Waals surface area contributed by atoms with Gasteiger partial charge in [0.2, 0.25) is 0 Å². The predicted molar refractivity (Wildman–Crippen MR) is 80.7 cm³/mol. The summed E-state index contributed by atoms with van der Waals surface area (Å²) in [6.45, 7) is 0.626. The van der Waals surface area contributed by atoms with E-state index >= 15 is 0 Å². The summed E-state index contributed by atoms with van der Waals surface area (Å²) in [5.41, 5.74) is 0.905. The summed E-state index contributed by atoms with van der Waals surface area (Å²) in [6, 6.07) is 9.10. The molecule has 114 valence electrons. The molecule has 1 aliphatic heterocycles. The molecule has 22 heavy (non-hydrogen) atoms. The molecule has 0 spiro atoms. The molecule has 3 rings (SSSR count). The van der Waals surface area contributed by atoms with Gasteiger partial charge in [0.05, 0.1) is 10.9 Å². The first kappa shape index (κ1) is 14.7. The minimum Gasteiger partial charge on any atom is -0.477 e. The molecule has 6 heteroatoms. The van der Waals surface area contributed by atoms with Crippen LogP contribution in [-0.2, 0) is 0 Å². The van der Waals surface area contributed by atoms with E-state index in [0.29, 0.717) is 11.4 Å². The number of carboxylic acid groups (broad SMARTS) is 1. The number of carboxylic acids is 1. The lowest BCUT2D eigenvalue weighted by Gasteiger charge is -2.24. The van der Waals surface area contributed by atoms with E-state index in [0.717, 1.165) is 29.7 Å². The Morgan fingerprint density at radius 1 is 1.14 bits per heavy atom. The van der Waals surface area contributed by atoms with Gasteiger partial charge in [-0.25, -0.2) is 9.18 Å². The number of nitrogens with zero attached hydrogens (tertiary/aromatic N) is 1. The number of carbonyl (C=O) groups is 2. The van der Waals surface area contributed by atoms with Crippen LogP contribution in [0, 0.1) is 5.82 Å².